The van der Waals surface area contributed by atoms with Gasteiger partial charge in [0.1, 0.15) is 0 Å². The highest BCUT2D eigenvalue weighted by molar-refractivity contribution is 6.17. The van der Waals surface area contributed by atoms with Crippen molar-refractivity contribution in [1.29, 1.82) is 0 Å². The molecule has 0 atom stereocenters. The summed E-state index contributed by atoms with van der Waals surface area (Å²) in [6, 6.07) is 103. The molecule has 452 valence electrons. The standard InChI is InChI=1S/C87H69N7/c1-86(2,3)72-52-74(62-40-26-42-64(44-62)82-88-80(60-36-22-12-23-37-60)90-84(92-82)70-48-66(56-28-14-8-15-29-56)46-67(49-70)57-30-16-9-17-31-57)78-76(54-72)77-55-73(87(4,5)6)53-75(79(77)94(78)7)63-41-27-43-65(45-63)83-89-81(61-38-24-13-25-39-61)91-85(93-83)71-50-68(58-32-18-10-19-33-58)47-69(51-71)59-34-20-11-21-35-59/h8-55H,1-7H3. The van der Waals surface area contributed by atoms with E-state index in [0.717, 1.165) is 111 Å². The maximum absolute atomic E-state index is 5.41. The fraction of sp³-hybridized carbons (Fsp3) is 0.103. The Labute approximate surface area is 550 Å². The van der Waals surface area contributed by atoms with Gasteiger partial charge in [-0.15, -0.1) is 0 Å². The summed E-state index contributed by atoms with van der Waals surface area (Å²) >= 11 is 0. The van der Waals surface area contributed by atoms with Crippen LogP contribution >= 0.6 is 0 Å². The van der Waals surface area contributed by atoms with Gasteiger partial charge in [-0.3, -0.25) is 0 Å². The van der Waals surface area contributed by atoms with Gasteiger partial charge in [-0.1, -0.05) is 260 Å². The van der Waals surface area contributed by atoms with Gasteiger partial charge in [-0.2, -0.15) is 0 Å². The molecule has 0 bridgehead atoms. The fourth-order valence-electron chi connectivity index (χ4n) is 12.9. The number of rotatable bonds is 12. The van der Waals surface area contributed by atoms with Crippen LogP contribution in [0.15, 0.2) is 291 Å². The number of aryl methyl sites for hydroxylation is 1. The van der Waals surface area contributed by atoms with Gasteiger partial charge in [0.05, 0.1) is 11.0 Å². The van der Waals surface area contributed by atoms with Crippen molar-refractivity contribution in [2.75, 3.05) is 0 Å². The van der Waals surface area contributed by atoms with Crippen molar-refractivity contribution in [3.8, 4) is 135 Å². The van der Waals surface area contributed by atoms with E-state index < -0.39 is 0 Å². The Hall–Kier alpha value is -11.5. The second-order valence-electron chi connectivity index (χ2n) is 26.5. The van der Waals surface area contributed by atoms with E-state index in [0.29, 0.717) is 34.9 Å². The first-order valence-electron chi connectivity index (χ1n) is 32.2. The first-order chi connectivity index (χ1) is 45.7. The van der Waals surface area contributed by atoms with Crippen LogP contribution in [-0.4, -0.2) is 34.5 Å². The van der Waals surface area contributed by atoms with Gasteiger partial charge in [-0.25, -0.2) is 29.9 Å². The molecule has 0 N–H and O–H groups in total. The van der Waals surface area contributed by atoms with Gasteiger partial charge in [0.25, 0.3) is 0 Å². The van der Waals surface area contributed by atoms with Crippen molar-refractivity contribution in [2.24, 2.45) is 7.05 Å². The first kappa shape index (κ1) is 58.8. The van der Waals surface area contributed by atoms with Crippen molar-refractivity contribution in [3.05, 3.63) is 302 Å². The second kappa shape index (κ2) is 24.3. The van der Waals surface area contributed by atoms with Crippen molar-refractivity contribution < 1.29 is 0 Å². The molecule has 0 aliphatic rings. The van der Waals surface area contributed by atoms with Crippen LogP contribution in [0, 0.1) is 0 Å². The Bertz CT molecular complexity index is 4860. The zero-order valence-electron chi connectivity index (χ0n) is 53.8. The first-order valence-corrected chi connectivity index (χ1v) is 32.2. The van der Waals surface area contributed by atoms with Gasteiger partial charge in [0.2, 0.25) is 0 Å². The number of fused-ring (bicyclic) bond motifs is 3. The van der Waals surface area contributed by atoms with Crippen LogP contribution in [0.2, 0.25) is 0 Å². The maximum atomic E-state index is 5.41. The van der Waals surface area contributed by atoms with Crippen molar-refractivity contribution >= 4 is 21.8 Å². The Kier molecular flexibility index (Phi) is 15.2. The average molecular weight is 1210 g/mol. The minimum atomic E-state index is -0.184. The largest absolute Gasteiger partial charge is 0.343 e. The van der Waals surface area contributed by atoms with E-state index in [4.69, 9.17) is 29.9 Å². The Morgan fingerprint density at radius 3 is 0.723 bits per heavy atom. The molecule has 0 spiro atoms. The third-order valence-electron chi connectivity index (χ3n) is 17.9. The van der Waals surface area contributed by atoms with E-state index in [9.17, 15) is 0 Å². The summed E-state index contributed by atoms with van der Waals surface area (Å²) in [4.78, 5) is 32.0. The van der Waals surface area contributed by atoms with Crippen LogP contribution in [0.1, 0.15) is 52.7 Å². The molecule has 7 heteroatoms. The summed E-state index contributed by atoms with van der Waals surface area (Å²) in [5.74, 6) is 3.59. The molecular formula is C87H69N7. The van der Waals surface area contributed by atoms with Crippen LogP contribution in [0.3, 0.4) is 0 Å². The van der Waals surface area contributed by atoms with E-state index in [-0.39, 0.29) is 10.8 Å². The van der Waals surface area contributed by atoms with Gasteiger partial charge in [0.15, 0.2) is 34.9 Å². The van der Waals surface area contributed by atoms with Crippen molar-refractivity contribution in [3.63, 3.8) is 0 Å². The maximum Gasteiger partial charge on any atom is 0.164 e. The Morgan fingerprint density at radius 1 is 0.213 bits per heavy atom. The summed E-state index contributed by atoms with van der Waals surface area (Å²) in [5, 5.41) is 2.38. The number of hydrogen-bond acceptors (Lipinski definition) is 6. The van der Waals surface area contributed by atoms with E-state index in [1.165, 1.54) is 21.9 Å². The molecule has 15 aromatic rings. The molecule has 0 aliphatic heterocycles. The predicted octanol–water partition coefficient (Wildman–Crippen LogP) is 22.3. The Balaban J connectivity index is 0.897. The number of nitrogens with zero attached hydrogens (tertiary/aromatic N) is 7. The van der Waals surface area contributed by atoms with Gasteiger partial charge in [0, 0.05) is 62.3 Å². The van der Waals surface area contributed by atoms with Crippen molar-refractivity contribution in [2.45, 2.75) is 52.4 Å². The third-order valence-corrected chi connectivity index (χ3v) is 17.9. The molecule has 0 amide bonds. The van der Waals surface area contributed by atoms with E-state index in [1.54, 1.807) is 0 Å². The van der Waals surface area contributed by atoms with Gasteiger partial charge < -0.3 is 4.57 Å². The summed E-state index contributed by atoms with van der Waals surface area (Å²) in [7, 11) is 2.23. The molecule has 7 nitrogen and oxygen atoms in total. The molecule has 0 unspecified atom stereocenters. The zero-order valence-corrected chi connectivity index (χ0v) is 53.8. The van der Waals surface area contributed by atoms with Crippen molar-refractivity contribution in [1.82, 2.24) is 34.5 Å². The van der Waals surface area contributed by atoms with Crippen LogP contribution in [0.25, 0.3) is 157 Å². The minimum Gasteiger partial charge on any atom is -0.343 e. The molecule has 94 heavy (non-hydrogen) atoms. The average Bonchev–Trinajstić information content (AvgIpc) is 1.56. The monoisotopic (exact) mass is 1210 g/mol. The molecule has 0 saturated carbocycles. The lowest BCUT2D eigenvalue weighted by molar-refractivity contribution is 0.590. The second-order valence-corrected chi connectivity index (χ2v) is 26.5. The van der Waals surface area contributed by atoms with Crippen LogP contribution in [0.5, 0.6) is 0 Å². The molecule has 15 rings (SSSR count). The molecule has 3 aromatic heterocycles. The Morgan fingerprint density at radius 2 is 0.436 bits per heavy atom. The van der Waals surface area contributed by atoms with Gasteiger partial charge >= 0.3 is 0 Å². The quantitative estimate of drug-likeness (QED) is 0.121. The molecule has 0 fully saturated rings. The van der Waals surface area contributed by atoms with E-state index in [2.05, 4.69) is 308 Å². The van der Waals surface area contributed by atoms with E-state index in [1.807, 2.05) is 36.4 Å². The summed E-state index contributed by atoms with van der Waals surface area (Å²) in [6.07, 6.45) is 0. The summed E-state index contributed by atoms with van der Waals surface area (Å²) in [6.45, 7) is 13.8. The topological polar surface area (TPSA) is 82.3 Å². The normalized spacial score (nSPS) is 11.8. The highest BCUT2D eigenvalue weighted by Gasteiger charge is 2.27. The highest BCUT2D eigenvalue weighted by Crippen LogP contribution is 2.46. The molecule has 0 radical (unpaired) electrons. The zero-order chi connectivity index (χ0) is 64.1. The lowest BCUT2D eigenvalue weighted by Gasteiger charge is -2.22. The van der Waals surface area contributed by atoms with Crippen LogP contribution in [-0.2, 0) is 17.9 Å². The highest BCUT2D eigenvalue weighted by atomic mass is 15.0. The SMILES string of the molecule is Cn1c2c(-c3cccc(-c4nc(-c5ccccc5)nc(-c5cc(-c6ccccc6)cc(-c6ccccc6)c5)n4)c3)cc(C(C)(C)C)cc2c2cc(C(C)(C)C)cc(-c3cccc(-c4nc(-c5ccccc5)nc(-c5cc(-c6ccccc6)cc(-c6ccccc6)c5)n4)c3)c21. The smallest absolute Gasteiger partial charge is 0.164 e. The molecular weight excluding hydrogens is 1140 g/mol. The minimum absolute atomic E-state index is 0.184. The predicted molar refractivity (Wildman–Crippen MR) is 390 cm³/mol. The summed E-state index contributed by atoms with van der Waals surface area (Å²) in [5.41, 5.74) is 23.0. The van der Waals surface area contributed by atoms with Gasteiger partial charge in [-0.05, 0) is 150 Å². The molecule has 0 saturated heterocycles. The van der Waals surface area contributed by atoms with Crippen LogP contribution < -0.4 is 0 Å². The number of aromatic nitrogens is 7. The molecule has 3 heterocycles. The van der Waals surface area contributed by atoms with E-state index >= 15 is 0 Å². The third kappa shape index (κ3) is 11.7. The van der Waals surface area contributed by atoms with Crippen LogP contribution in [0.4, 0.5) is 0 Å². The fourth-order valence-corrected chi connectivity index (χ4v) is 12.9. The number of benzene rings is 12. The number of hydrogen-bond donors (Lipinski definition) is 0. The lowest BCUT2D eigenvalue weighted by Crippen LogP contribution is -2.11. The summed E-state index contributed by atoms with van der Waals surface area (Å²) < 4.78 is 2.42. The lowest BCUT2D eigenvalue weighted by atomic mass is 9.82. The molecule has 0 aliphatic carbocycles. The molecule has 12 aromatic carbocycles.